The van der Waals surface area contributed by atoms with Crippen LogP contribution in [-0.4, -0.2) is 16.6 Å². The molecule has 0 aromatic heterocycles. The maximum atomic E-state index is 12.2. The fourth-order valence-electron chi connectivity index (χ4n) is 2.24. The zero-order valence-electron chi connectivity index (χ0n) is 11.6. The Morgan fingerprint density at radius 2 is 1.68 bits per heavy atom. The molecular formula is C17H13N3OS. The predicted molar refractivity (Wildman–Crippen MR) is 92.7 cm³/mol. The quantitative estimate of drug-likeness (QED) is 0.684. The molecule has 0 spiro atoms. The molecule has 0 bridgehead atoms. The van der Waals surface area contributed by atoms with E-state index in [-0.39, 0.29) is 10.9 Å². The highest BCUT2D eigenvalue weighted by atomic mass is 32.1. The Kier molecular flexibility index (Phi) is 3.80. The molecule has 1 aliphatic rings. The minimum absolute atomic E-state index is 0.0820. The van der Waals surface area contributed by atoms with Crippen molar-refractivity contribution in [3.05, 3.63) is 71.8 Å². The van der Waals surface area contributed by atoms with E-state index < -0.39 is 0 Å². The van der Waals surface area contributed by atoms with Gasteiger partial charge in [0.15, 0.2) is 5.11 Å². The lowest BCUT2D eigenvalue weighted by atomic mass is 9.95. The predicted octanol–water partition coefficient (Wildman–Crippen LogP) is 2.74. The topological polar surface area (TPSA) is 58.7 Å². The highest BCUT2D eigenvalue weighted by molar-refractivity contribution is 7.80. The lowest BCUT2D eigenvalue weighted by molar-refractivity contribution is -0.108. The van der Waals surface area contributed by atoms with Crippen LogP contribution in [-0.2, 0) is 4.79 Å². The van der Waals surface area contributed by atoms with Crippen molar-refractivity contribution >= 4 is 40.6 Å². The first-order valence-electron chi connectivity index (χ1n) is 6.72. The number of fused-ring (bicyclic) bond motifs is 1. The molecule has 0 unspecified atom stereocenters. The van der Waals surface area contributed by atoms with Crippen LogP contribution in [0.15, 0.2) is 65.8 Å². The van der Waals surface area contributed by atoms with Gasteiger partial charge < -0.3 is 5.73 Å². The number of hydrazone groups is 1. The second-order valence-electron chi connectivity index (χ2n) is 4.72. The van der Waals surface area contributed by atoms with Gasteiger partial charge in [-0.15, -0.1) is 0 Å². The molecule has 5 heteroatoms. The van der Waals surface area contributed by atoms with E-state index in [0.29, 0.717) is 11.4 Å². The van der Waals surface area contributed by atoms with Gasteiger partial charge in [-0.1, -0.05) is 48.5 Å². The molecular weight excluding hydrogens is 294 g/mol. The van der Waals surface area contributed by atoms with Gasteiger partial charge in [-0.2, -0.15) is 5.10 Å². The van der Waals surface area contributed by atoms with Gasteiger partial charge in [-0.3, -0.25) is 4.79 Å². The van der Waals surface area contributed by atoms with Crippen LogP contribution < -0.4 is 10.7 Å². The van der Waals surface area contributed by atoms with Gasteiger partial charge in [0.2, 0.25) is 5.78 Å². The number of nitrogens with zero attached hydrogens (tertiary/aromatic N) is 2. The van der Waals surface area contributed by atoms with Crippen LogP contribution in [0, 0.1) is 0 Å². The minimum atomic E-state index is -0.170. The highest BCUT2D eigenvalue weighted by Gasteiger charge is 2.21. The van der Waals surface area contributed by atoms with Crippen molar-refractivity contribution in [1.29, 1.82) is 0 Å². The monoisotopic (exact) mass is 307 g/mol. The third-order valence-corrected chi connectivity index (χ3v) is 3.45. The number of carbonyl (C=O) groups excluding carboxylic acids is 1. The minimum Gasteiger partial charge on any atom is -0.374 e. The van der Waals surface area contributed by atoms with Crippen LogP contribution in [0.5, 0.6) is 0 Å². The number of nitrogens with two attached hydrogens (primary N) is 1. The number of anilines is 1. The van der Waals surface area contributed by atoms with Gasteiger partial charge in [0.25, 0.3) is 0 Å². The normalized spacial score (nSPS) is 14.7. The Morgan fingerprint density at radius 1 is 1.00 bits per heavy atom. The summed E-state index contributed by atoms with van der Waals surface area (Å²) >= 11 is 5.07. The van der Waals surface area contributed by atoms with E-state index in [2.05, 4.69) is 5.10 Å². The average Bonchev–Trinajstić information content (AvgIpc) is 2.54. The van der Waals surface area contributed by atoms with Gasteiger partial charge in [0, 0.05) is 5.56 Å². The number of carbonyl (C=O) groups is 1. The van der Waals surface area contributed by atoms with Gasteiger partial charge in [0.1, 0.15) is 5.71 Å². The molecule has 108 valence electrons. The Balaban J connectivity index is 2.11. The van der Waals surface area contributed by atoms with E-state index in [1.807, 2.05) is 54.6 Å². The molecule has 2 aromatic carbocycles. The van der Waals surface area contributed by atoms with Gasteiger partial charge in [0.05, 0.1) is 5.69 Å². The molecule has 0 atom stereocenters. The third-order valence-electron chi connectivity index (χ3n) is 3.27. The molecule has 0 amide bonds. The maximum Gasteiger partial charge on any atom is 0.206 e. The molecule has 0 radical (unpaired) electrons. The van der Waals surface area contributed by atoms with Crippen molar-refractivity contribution < 1.29 is 4.79 Å². The number of hydrogen-bond acceptors (Lipinski definition) is 3. The van der Waals surface area contributed by atoms with Crippen LogP contribution in [0.2, 0.25) is 0 Å². The zero-order chi connectivity index (χ0) is 15.5. The van der Waals surface area contributed by atoms with Crippen molar-refractivity contribution in [2.75, 3.05) is 5.01 Å². The Labute approximate surface area is 133 Å². The molecule has 0 saturated heterocycles. The summed E-state index contributed by atoms with van der Waals surface area (Å²) in [5.74, 6) is -0.170. The first kappa shape index (κ1) is 14.2. The third kappa shape index (κ3) is 2.66. The van der Waals surface area contributed by atoms with Gasteiger partial charge >= 0.3 is 0 Å². The number of benzene rings is 2. The zero-order valence-corrected chi connectivity index (χ0v) is 12.5. The summed E-state index contributed by atoms with van der Waals surface area (Å²) < 4.78 is 0. The number of hydrogen-bond donors (Lipinski definition) is 1. The van der Waals surface area contributed by atoms with E-state index in [4.69, 9.17) is 18.0 Å². The van der Waals surface area contributed by atoms with E-state index in [1.54, 1.807) is 6.08 Å². The molecule has 2 N–H and O–H groups in total. The second-order valence-corrected chi connectivity index (χ2v) is 5.14. The summed E-state index contributed by atoms with van der Waals surface area (Å²) in [6.45, 7) is 0. The summed E-state index contributed by atoms with van der Waals surface area (Å²) in [4.78, 5) is 12.2. The molecule has 4 nitrogen and oxygen atoms in total. The molecule has 22 heavy (non-hydrogen) atoms. The highest BCUT2D eigenvalue weighted by Crippen LogP contribution is 2.20. The number of rotatable bonds is 2. The van der Waals surface area contributed by atoms with Gasteiger partial charge in [-0.05, 0) is 36.0 Å². The number of allylic oxidation sites excluding steroid dienone is 1. The number of ketones is 1. The summed E-state index contributed by atoms with van der Waals surface area (Å²) in [5, 5.41) is 5.89. The summed E-state index contributed by atoms with van der Waals surface area (Å²) in [6, 6.07) is 16.8. The summed E-state index contributed by atoms with van der Waals surface area (Å²) in [7, 11) is 0. The summed E-state index contributed by atoms with van der Waals surface area (Å²) in [6.07, 6.45) is 3.29. The molecule has 0 saturated carbocycles. The van der Waals surface area contributed by atoms with Crippen LogP contribution in [0.3, 0.4) is 0 Å². The molecule has 0 heterocycles. The molecule has 1 aliphatic carbocycles. The van der Waals surface area contributed by atoms with E-state index in [1.165, 1.54) is 11.1 Å². The van der Waals surface area contributed by atoms with Crippen molar-refractivity contribution in [2.24, 2.45) is 10.8 Å². The van der Waals surface area contributed by atoms with Gasteiger partial charge in [-0.25, -0.2) is 5.01 Å². The smallest absolute Gasteiger partial charge is 0.206 e. The van der Waals surface area contributed by atoms with Crippen molar-refractivity contribution in [3.8, 4) is 0 Å². The first-order valence-corrected chi connectivity index (χ1v) is 7.12. The molecule has 3 rings (SSSR count). The Hall–Kier alpha value is -2.79. The maximum absolute atomic E-state index is 12.2. The van der Waals surface area contributed by atoms with Crippen molar-refractivity contribution in [2.45, 2.75) is 0 Å². The molecule has 0 aliphatic heterocycles. The Bertz CT molecular complexity index is 797. The standard InChI is InChI=1S/C17H13N3OS/c18-17(22)20(13-7-2-1-3-8-13)19-16-14-9-5-4-6-12(14)10-11-15(16)21/h1-11H,(H2,18,22). The van der Waals surface area contributed by atoms with E-state index in [9.17, 15) is 4.79 Å². The van der Waals surface area contributed by atoms with E-state index >= 15 is 0 Å². The van der Waals surface area contributed by atoms with Crippen molar-refractivity contribution in [3.63, 3.8) is 0 Å². The number of para-hydroxylation sites is 1. The van der Waals surface area contributed by atoms with Crippen molar-refractivity contribution in [1.82, 2.24) is 0 Å². The second kappa shape index (κ2) is 5.91. The first-order chi connectivity index (χ1) is 10.7. The average molecular weight is 307 g/mol. The fraction of sp³-hybridized carbons (Fsp3) is 0. The van der Waals surface area contributed by atoms with Crippen LogP contribution in [0.25, 0.3) is 6.08 Å². The molecule has 0 fully saturated rings. The number of thiocarbonyl (C=S) groups is 1. The molecule has 2 aromatic rings. The van der Waals surface area contributed by atoms with Crippen LogP contribution >= 0.6 is 12.2 Å². The SMILES string of the molecule is NC(=S)N(N=C1C(=O)C=Cc2ccccc21)c1ccccc1. The van der Waals surface area contributed by atoms with Crippen LogP contribution in [0.1, 0.15) is 11.1 Å². The lowest BCUT2D eigenvalue weighted by Gasteiger charge is -2.20. The fourth-order valence-corrected chi connectivity index (χ4v) is 2.39. The van der Waals surface area contributed by atoms with E-state index in [0.717, 1.165) is 11.1 Å². The Morgan fingerprint density at radius 3 is 2.41 bits per heavy atom. The largest absolute Gasteiger partial charge is 0.374 e. The van der Waals surface area contributed by atoms with Crippen LogP contribution in [0.4, 0.5) is 5.69 Å². The summed E-state index contributed by atoms with van der Waals surface area (Å²) in [5.41, 5.74) is 8.52. The lowest BCUT2D eigenvalue weighted by Crippen LogP contribution is -2.33.